The van der Waals surface area contributed by atoms with Crippen molar-refractivity contribution in [3.63, 3.8) is 0 Å². The fourth-order valence-corrected chi connectivity index (χ4v) is 5.62. The Kier molecular flexibility index (Phi) is 8.09. The van der Waals surface area contributed by atoms with Crippen LogP contribution in [0.2, 0.25) is 5.02 Å². The first-order valence-electron chi connectivity index (χ1n) is 13.7. The molecule has 222 valence electrons. The maximum absolute atomic E-state index is 14.6. The van der Waals surface area contributed by atoms with E-state index < -0.39 is 17.8 Å². The van der Waals surface area contributed by atoms with E-state index in [0.29, 0.717) is 47.8 Å². The van der Waals surface area contributed by atoms with Crippen LogP contribution >= 0.6 is 11.6 Å². The number of aromatic nitrogens is 4. The zero-order chi connectivity index (χ0) is 30.1. The van der Waals surface area contributed by atoms with Crippen LogP contribution in [0.4, 0.5) is 8.78 Å². The number of imidazole rings is 1. The van der Waals surface area contributed by atoms with Crippen LogP contribution in [-0.2, 0) is 24.3 Å². The van der Waals surface area contributed by atoms with E-state index >= 15 is 0 Å². The van der Waals surface area contributed by atoms with Crippen LogP contribution in [0.3, 0.4) is 0 Å². The number of fused-ring (bicyclic) bond motifs is 2. The molecule has 1 atom stereocenters. The average molecular weight is 609 g/mol. The number of carboxylic acid groups (broad SMARTS) is 1. The molecule has 0 spiro atoms. The van der Waals surface area contributed by atoms with Gasteiger partial charge in [0.1, 0.15) is 18.0 Å². The molecule has 9 nitrogen and oxygen atoms in total. The van der Waals surface area contributed by atoms with Crippen molar-refractivity contribution >= 4 is 45.1 Å². The molecule has 0 fully saturated rings. The van der Waals surface area contributed by atoms with Crippen molar-refractivity contribution in [2.45, 2.75) is 38.8 Å². The molecule has 5 aromatic rings. The number of hydrogen-bond acceptors (Lipinski definition) is 7. The highest BCUT2D eigenvalue weighted by Crippen LogP contribution is 2.33. The summed E-state index contributed by atoms with van der Waals surface area (Å²) in [6.45, 7) is 0.924. The van der Waals surface area contributed by atoms with Crippen molar-refractivity contribution in [2.75, 3.05) is 13.7 Å². The number of carboxylic acids is 1. The second-order valence-electron chi connectivity index (χ2n) is 10.4. The molecule has 6 rings (SSSR count). The van der Waals surface area contributed by atoms with Gasteiger partial charge >= 0.3 is 5.97 Å². The third-order valence-electron chi connectivity index (χ3n) is 7.63. The Hall–Kier alpha value is -4.35. The van der Waals surface area contributed by atoms with Gasteiger partial charge in [-0.25, -0.2) is 14.8 Å². The second kappa shape index (κ2) is 12.1. The third-order valence-corrected chi connectivity index (χ3v) is 7.96. The van der Waals surface area contributed by atoms with E-state index in [9.17, 15) is 18.7 Å². The average Bonchev–Trinajstić information content (AvgIpc) is 3.56. The number of furan rings is 1. The van der Waals surface area contributed by atoms with E-state index in [2.05, 4.69) is 16.0 Å². The number of halogens is 3. The van der Waals surface area contributed by atoms with Gasteiger partial charge in [0.05, 0.1) is 34.4 Å². The summed E-state index contributed by atoms with van der Waals surface area (Å²) in [5, 5.41) is 10.2. The molecular weight excluding hydrogens is 582 g/mol. The zero-order valence-corrected chi connectivity index (χ0v) is 23.9. The molecule has 43 heavy (non-hydrogen) atoms. The smallest absolute Gasteiger partial charge is 0.335 e. The molecule has 2 aromatic carbocycles. The van der Waals surface area contributed by atoms with Crippen LogP contribution < -0.4 is 4.74 Å². The van der Waals surface area contributed by atoms with Crippen LogP contribution in [0.25, 0.3) is 27.6 Å². The van der Waals surface area contributed by atoms with E-state index in [-0.39, 0.29) is 29.6 Å². The summed E-state index contributed by atoms with van der Waals surface area (Å²) in [7, 11) is 1.62. The van der Waals surface area contributed by atoms with Crippen molar-refractivity contribution in [3.05, 3.63) is 88.3 Å². The normalized spacial score (nSPS) is 15.3. The van der Waals surface area contributed by atoms with Gasteiger partial charge in [-0.05, 0) is 55.0 Å². The van der Waals surface area contributed by atoms with E-state index in [4.69, 9.17) is 30.5 Å². The van der Waals surface area contributed by atoms with Crippen molar-refractivity contribution < 1.29 is 32.6 Å². The molecule has 1 aliphatic carbocycles. The number of nitrogens with zero attached hydrogens (tertiary/aromatic N) is 4. The zero-order valence-electron chi connectivity index (χ0n) is 23.1. The summed E-state index contributed by atoms with van der Waals surface area (Å²) in [5.41, 5.74) is 3.34. The van der Waals surface area contributed by atoms with Gasteiger partial charge in [-0.3, -0.25) is 0 Å². The minimum absolute atomic E-state index is 0.104. The number of carbonyl (C=O) groups is 1. The van der Waals surface area contributed by atoms with Gasteiger partial charge in [-0.1, -0.05) is 23.7 Å². The number of rotatable bonds is 10. The Morgan fingerprint density at radius 2 is 2.07 bits per heavy atom. The molecular formula is C31H27ClF2N4O5. The minimum atomic E-state index is -0.986. The molecule has 0 saturated carbocycles. The predicted molar refractivity (Wildman–Crippen MR) is 155 cm³/mol. The first-order chi connectivity index (χ1) is 20.8. The van der Waals surface area contributed by atoms with E-state index in [1.165, 1.54) is 6.07 Å². The van der Waals surface area contributed by atoms with Crippen molar-refractivity contribution in [1.82, 2.24) is 19.5 Å². The second-order valence-corrected chi connectivity index (χ2v) is 10.8. The first-order valence-corrected chi connectivity index (χ1v) is 14.1. The molecule has 12 heteroatoms. The van der Waals surface area contributed by atoms with E-state index in [0.717, 1.165) is 41.5 Å². The van der Waals surface area contributed by atoms with Crippen LogP contribution in [-0.4, -0.2) is 44.3 Å². The monoisotopic (exact) mass is 608 g/mol. The highest BCUT2D eigenvalue weighted by atomic mass is 35.5. The van der Waals surface area contributed by atoms with Crippen molar-refractivity contribution in [3.8, 4) is 5.88 Å². The summed E-state index contributed by atoms with van der Waals surface area (Å²) in [6.07, 6.45) is 6.10. The van der Waals surface area contributed by atoms with Gasteiger partial charge < -0.3 is 23.6 Å². The Morgan fingerprint density at radius 3 is 2.84 bits per heavy atom. The maximum atomic E-state index is 14.6. The van der Waals surface area contributed by atoms with Crippen LogP contribution in [0.15, 0.2) is 53.1 Å². The number of allylic oxidation sites excluding steroid dienone is 2. The lowest BCUT2D eigenvalue weighted by molar-refractivity contribution is 0.0697. The lowest BCUT2D eigenvalue weighted by atomic mass is 9.87. The SMILES string of the molecule is COCCn1c(CC2CC=C(c3ncc(F)c(OCc4ccc(Cl)c5cc(F)oc45)n3)CC2)nc2ccc(C(=O)O)cc21. The van der Waals surface area contributed by atoms with Crippen molar-refractivity contribution in [1.29, 1.82) is 0 Å². The number of hydrogen-bond donors (Lipinski definition) is 1. The Morgan fingerprint density at radius 1 is 1.21 bits per heavy atom. The fraction of sp³-hybridized carbons (Fsp3) is 0.290. The largest absolute Gasteiger partial charge is 0.478 e. The molecule has 3 heterocycles. The molecule has 0 saturated heterocycles. The quantitative estimate of drug-likeness (QED) is 0.183. The minimum Gasteiger partial charge on any atom is -0.478 e. The van der Waals surface area contributed by atoms with Gasteiger partial charge in [0.25, 0.3) is 11.9 Å². The molecule has 0 radical (unpaired) electrons. The highest BCUT2D eigenvalue weighted by molar-refractivity contribution is 6.35. The first kappa shape index (κ1) is 28.8. The molecule has 0 bridgehead atoms. The van der Waals surface area contributed by atoms with Gasteiger partial charge in [0, 0.05) is 37.1 Å². The summed E-state index contributed by atoms with van der Waals surface area (Å²) in [5.74, 6) is -0.366. The Labute approximate surface area is 249 Å². The number of aromatic carboxylic acids is 1. The van der Waals surface area contributed by atoms with Gasteiger partial charge in [-0.15, -0.1) is 0 Å². The molecule has 1 aliphatic rings. The summed E-state index contributed by atoms with van der Waals surface area (Å²) in [6, 6.07) is 8.59. The molecule has 1 unspecified atom stereocenters. The van der Waals surface area contributed by atoms with E-state index in [1.807, 2.05) is 4.57 Å². The van der Waals surface area contributed by atoms with Crippen LogP contribution in [0.1, 0.15) is 46.8 Å². The van der Waals surface area contributed by atoms with Gasteiger partial charge in [0.15, 0.2) is 5.82 Å². The lowest BCUT2D eigenvalue weighted by Gasteiger charge is -2.22. The number of benzene rings is 2. The number of methoxy groups -OCH3 is 1. The Bertz CT molecular complexity index is 1870. The van der Waals surface area contributed by atoms with Gasteiger partial charge in [-0.2, -0.15) is 13.8 Å². The van der Waals surface area contributed by atoms with Crippen molar-refractivity contribution in [2.24, 2.45) is 5.92 Å². The Balaban J connectivity index is 1.17. The molecule has 0 aliphatic heterocycles. The topological polar surface area (TPSA) is 113 Å². The fourth-order valence-electron chi connectivity index (χ4n) is 5.41. The van der Waals surface area contributed by atoms with Crippen LogP contribution in [0, 0.1) is 17.7 Å². The van der Waals surface area contributed by atoms with Gasteiger partial charge in [0.2, 0.25) is 5.82 Å². The summed E-state index contributed by atoms with van der Waals surface area (Å²) >= 11 is 6.13. The summed E-state index contributed by atoms with van der Waals surface area (Å²) < 4.78 is 46.4. The predicted octanol–water partition coefficient (Wildman–Crippen LogP) is 6.85. The van der Waals surface area contributed by atoms with E-state index in [1.54, 1.807) is 37.4 Å². The molecule has 3 aromatic heterocycles. The van der Waals surface area contributed by atoms with Crippen LogP contribution in [0.5, 0.6) is 5.88 Å². The summed E-state index contributed by atoms with van der Waals surface area (Å²) in [4.78, 5) is 24.9. The molecule has 1 N–H and O–H groups in total. The number of ether oxygens (including phenoxy) is 2. The molecule has 0 amide bonds. The maximum Gasteiger partial charge on any atom is 0.335 e. The standard InChI is InChI=1S/C31H27ClF2N4O5/c1-41-11-10-38-25-13-19(31(39)40)7-9-24(25)36-27(38)12-17-2-4-18(5-3-17)29-35-15-23(33)30(37-29)42-16-20-6-8-22(32)21-14-26(34)43-28(20)21/h4,6-9,13-15,17H,2-3,5,10-12,16H2,1H3,(H,39,40). The highest BCUT2D eigenvalue weighted by Gasteiger charge is 2.22. The third kappa shape index (κ3) is 5.95. The lowest BCUT2D eigenvalue weighted by Crippen LogP contribution is -2.15.